The monoisotopic (exact) mass is 273 g/mol. The topological polar surface area (TPSA) is 88.1 Å². The third-order valence-electron chi connectivity index (χ3n) is 2.78. The lowest BCUT2D eigenvalue weighted by Gasteiger charge is -2.16. The highest BCUT2D eigenvalue weighted by Crippen LogP contribution is 2.22. The number of carbonyl (C=O) groups is 1. The molecule has 18 heavy (non-hydrogen) atoms. The summed E-state index contributed by atoms with van der Waals surface area (Å²) in [5, 5.41) is 0. The number of fused-ring (bicyclic) bond motifs is 1. The minimum absolute atomic E-state index is 0.226. The van der Waals surface area contributed by atoms with E-state index < -0.39 is 21.7 Å². The van der Waals surface area contributed by atoms with Crippen molar-refractivity contribution >= 4 is 22.3 Å². The lowest BCUT2D eigenvalue weighted by atomic mass is 10.2. The Morgan fingerprint density at radius 3 is 3.11 bits per heavy atom. The molecule has 0 spiro atoms. The third kappa shape index (κ3) is 3.08. The first-order valence-corrected chi connectivity index (χ1v) is 7.18. The Bertz CT molecular complexity index is 497. The molecular weight excluding hydrogens is 258 g/mol. The molecule has 0 aromatic rings. The summed E-state index contributed by atoms with van der Waals surface area (Å²) in [5.74, 6) is -1.41. The first-order chi connectivity index (χ1) is 8.50. The van der Waals surface area contributed by atoms with Gasteiger partial charge in [-0.05, 0) is 6.08 Å². The number of rotatable bonds is 4. The van der Waals surface area contributed by atoms with Gasteiger partial charge in [-0.15, -0.1) is 0 Å². The largest absolute Gasteiger partial charge is 0.468 e. The van der Waals surface area contributed by atoms with Gasteiger partial charge in [0.15, 0.2) is 5.75 Å². The predicted molar refractivity (Wildman–Crippen MR) is 65.5 cm³/mol. The number of nitrogens with one attached hydrogen (secondary N) is 1. The van der Waals surface area contributed by atoms with Crippen LogP contribution >= 0.6 is 0 Å². The number of aliphatic imine (C=N–C) groups is 1. The highest BCUT2D eigenvalue weighted by atomic mass is 32.2. The summed E-state index contributed by atoms with van der Waals surface area (Å²) < 4.78 is 30.2. The number of carbonyl (C=O) groups excluding carboxylic acids is 1. The molecule has 2 aliphatic heterocycles. The molecule has 1 saturated heterocycles. The maximum atomic E-state index is 11.7. The van der Waals surface area contributed by atoms with Gasteiger partial charge >= 0.3 is 5.97 Å². The van der Waals surface area contributed by atoms with Crippen molar-refractivity contribution in [1.29, 1.82) is 0 Å². The first kappa shape index (κ1) is 13.0. The van der Waals surface area contributed by atoms with Crippen LogP contribution in [0.4, 0.5) is 0 Å². The van der Waals surface area contributed by atoms with Crippen LogP contribution in [-0.4, -0.2) is 57.6 Å². The zero-order valence-electron chi connectivity index (χ0n) is 10.00. The molecule has 0 aromatic carbocycles. The molecule has 2 aliphatic rings. The molecule has 0 aromatic heterocycles. The second-order valence-corrected chi connectivity index (χ2v) is 5.94. The smallest absolute Gasteiger partial charge is 0.322 e. The Kier molecular flexibility index (Phi) is 3.67. The molecule has 0 bridgehead atoms. The van der Waals surface area contributed by atoms with Gasteiger partial charge in [0, 0.05) is 24.7 Å². The van der Waals surface area contributed by atoms with Gasteiger partial charge in [0.05, 0.1) is 20.0 Å². The maximum Gasteiger partial charge on any atom is 0.322 e. The van der Waals surface area contributed by atoms with Gasteiger partial charge < -0.3 is 9.64 Å². The fourth-order valence-electron chi connectivity index (χ4n) is 2.00. The molecule has 2 heterocycles. The summed E-state index contributed by atoms with van der Waals surface area (Å²) in [6, 6.07) is -0.226. The Hall–Kier alpha value is -1.41. The average molecular weight is 273 g/mol. The number of sulfonamides is 1. The van der Waals surface area contributed by atoms with Crippen LogP contribution in [0.15, 0.2) is 16.8 Å². The lowest BCUT2D eigenvalue weighted by molar-refractivity contribution is -0.137. The van der Waals surface area contributed by atoms with E-state index in [1.165, 1.54) is 0 Å². The quantitative estimate of drug-likeness (QED) is 0.669. The molecule has 0 radical (unpaired) electrons. The van der Waals surface area contributed by atoms with Gasteiger partial charge in [0.1, 0.15) is 0 Å². The first-order valence-electron chi connectivity index (χ1n) is 5.52. The lowest BCUT2D eigenvalue weighted by Crippen LogP contribution is -2.40. The van der Waals surface area contributed by atoms with E-state index in [4.69, 9.17) is 0 Å². The summed E-state index contributed by atoms with van der Waals surface area (Å²) in [7, 11) is -2.48. The molecule has 0 aliphatic carbocycles. The second-order valence-electron chi connectivity index (χ2n) is 4.18. The van der Waals surface area contributed by atoms with Crippen LogP contribution < -0.4 is 4.72 Å². The van der Waals surface area contributed by atoms with Crippen LogP contribution in [-0.2, 0) is 19.6 Å². The standard InChI is InChI=1S/C10H15N3O4S/c1-17-10(14)6-18(15,16)12-8-4-9-2-3-11-7-13(9)5-8/h2,7-8,12H,3-6H2,1H3/t8-/m0/s1. The van der Waals surface area contributed by atoms with Gasteiger partial charge in [-0.2, -0.15) is 0 Å². The average Bonchev–Trinajstić information content (AvgIpc) is 2.68. The summed E-state index contributed by atoms with van der Waals surface area (Å²) >= 11 is 0. The van der Waals surface area contributed by atoms with E-state index >= 15 is 0 Å². The van der Waals surface area contributed by atoms with Crippen molar-refractivity contribution in [2.24, 2.45) is 4.99 Å². The zero-order chi connectivity index (χ0) is 13.2. The highest BCUT2D eigenvalue weighted by Gasteiger charge is 2.30. The SMILES string of the molecule is COC(=O)CS(=O)(=O)N[C@H]1CC2=CCN=CN2C1. The van der Waals surface area contributed by atoms with Gasteiger partial charge in [0.25, 0.3) is 0 Å². The van der Waals surface area contributed by atoms with Crippen molar-refractivity contribution in [3.8, 4) is 0 Å². The zero-order valence-corrected chi connectivity index (χ0v) is 10.8. The molecule has 0 unspecified atom stereocenters. The van der Waals surface area contributed by atoms with E-state index in [1.807, 2.05) is 11.0 Å². The van der Waals surface area contributed by atoms with Crippen LogP contribution in [0, 0.1) is 0 Å². The second kappa shape index (κ2) is 5.07. The van der Waals surface area contributed by atoms with Crippen molar-refractivity contribution in [2.45, 2.75) is 12.5 Å². The van der Waals surface area contributed by atoms with Crippen LogP contribution in [0.3, 0.4) is 0 Å². The molecule has 0 amide bonds. The number of hydrogen-bond donors (Lipinski definition) is 1. The molecule has 1 atom stereocenters. The van der Waals surface area contributed by atoms with Crippen LogP contribution in [0.1, 0.15) is 6.42 Å². The van der Waals surface area contributed by atoms with Gasteiger partial charge in [-0.1, -0.05) is 0 Å². The van der Waals surface area contributed by atoms with Crippen molar-refractivity contribution in [1.82, 2.24) is 9.62 Å². The summed E-state index contributed by atoms with van der Waals surface area (Å²) in [6.07, 6.45) is 4.30. The Balaban J connectivity index is 1.95. The number of ether oxygens (including phenoxy) is 1. The van der Waals surface area contributed by atoms with Crippen LogP contribution in [0.25, 0.3) is 0 Å². The normalized spacial score (nSPS) is 22.6. The molecule has 100 valence electrons. The molecular formula is C10H15N3O4S. The van der Waals surface area contributed by atoms with E-state index in [0.29, 0.717) is 19.5 Å². The van der Waals surface area contributed by atoms with Gasteiger partial charge in [0.2, 0.25) is 10.0 Å². The molecule has 7 nitrogen and oxygen atoms in total. The van der Waals surface area contributed by atoms with Gasteiger partial charge in [-0.3, -0.25) is 9.79 Å². The Morgan fingerprint density at radius 1 is 1.67 bits per heavy atom. The number of hydrogen-bond acceptors (Lipinski definition) is 6. The van der Waals surface area contributed by atoms with E-state index in [1.54, 1.807) is 6.34 Å². The third-order valence-corrected chi connectivity index (χ3v) is 4.08. The molecule has 1 N–H and O–H groups in total. The number of esters is 1. The van der Waals surface area contributed by atoms with Crippen LogP contribution in [0.2, 0.25) is 0 Å². The van der Waals surface area contributed by atoms with E-state index in [2.05, 4.69) is 14.5 Å². The molecule has 2 rings (SSSR count). The Morgan fingerprint density at radius 2 is 2.44 bits per heavy atom. The fraction of sp³-hybridized carbons (Fsp3) is 0.600. The van der Waals surface area contributed by atoms with Crippen molar-refractivity contribution < 1.29 is 17.9 Å². The minimum Gasteiger partial charge on any atom is -0.468 e. The van der Waals surface area contributed by atoms with Crippen molar-refractivity contribution in [3.63, 3.8) is 0 Å². The van der Waals surface area contributed by atoms with Gasteiger partial charge in [-0.25, -0.2) is 13.1 Å². The maximum absolute atomic E-state index is 11.7. The fourth-order valence-corrected chi connectivity index (χ4v) is 3.18. The van der Waals surface area contributed by atoms with E-state index in [-0.39, 0.29) is 6.04 Å². The minimum atomic E-state index is -3.64. The van der Waals surface area contributed by atoms with Crippen molar-refractivity contribution in [2.75, 3.05) is 26.0 Å². The van der Waals surface area contributed by atoms with E-state index in [9.17, 15) is 13.2 Å². The molecule has 0 saturated carbocycles. The summed E-state index contributed by atoms with van der Waals surface area (Å²) in [6.45, 7) is 1.17. The summed E-state index contributed by atoms with van der Waals surface area (Å²) in [4.78, 5) is 17.0. The Labute approximate surface area is 106 Å². The number of methoxy groups -OCH3 is 1. The highest BCUT2D eigenvalue weighted by molar-refractivity contribution is 7.90. The predicted octanol–water partition coefficient (Wildman–Crippen LogP) is -0.921. The molecule has 8 heteroatoms. The number of nitrogens with zero attached hydrogens (tertiary/aromatic N) is 2. The van der Waals surface area contributed by atoms with E-state index in [0.717, 1.165) is 12.8 Å². The van der Waals surface area contributed by atoms with Crippen molar-refractivity contribution in [3.05, 3.63) is 11.8 Å². The van der Waals surface area contributed by atoms with Crippen LogP contribution in [0.5, 0.6) is 0 Å². The molecule has 1 fully saturated rings. The summed E-state index contributed by atoms with van der Waals surface area (Å²) in [5.41, 5.74) is 1.07.